The maximum Gasteiger partial charge on any atom is 0.416 e. The average Bonchev–Trinajstić information content (AvgIpc) is 3.83. The Kier molecular flexibility index (Phi) is 11.5. The summed E-state index contributed by atoms with van der Waals surface area (Å²) in [5.41, 5.74) is 1.23. The molecule has 3 aliphatic rings. The van der Waals surface area contributed by atoms with Crippen LogP contribution in [0, 0.1) is 11.8 Å². The molecule has 3 aliphatic heterocycles. The number of hydrogen-bond acceptors (Lipinski definition) is 8. The highest BCUT2D eigenvalue weighted by atomic mass is 19.4. The molecule has 0 radical (unpaired) electrons. The van der Waals surface area contributed by atoms with Crippen molar-refractivity contribution < 1.29 is 37.0 Å². The molecule has 3 amide bonds. The molecule has 0 spiro atoms. The van der Waals surface area contributed by atoms with Crippen molar-refractivity contribution in [3.05, 3.63) is 95.3 Å². The first-order valence-electron chi connectivity index (χ1n) is 18.8. The Morgan fingerprint density at radius 3 is 2.64 bits per heavy atom. The highest BCUT2D eigenvalue weighted by molar-refractivity contribution is 5.99. The molecule has 0 aliphatic carbocycles. The summed E-state index contributed by atoms with van der Waals surface area (Å²) in [5, 5.41) is 11.4. The normalized spacial score (nSPS) is 21.6. The standard InChI is InChI=1S/C40H44F3N7O5/c1-2-13-44-36(51)17-27-11-14-48-22-30(27)12-15-54-37-19-31(40(41,42)43)18-34(45-37)28-9-6-10-29(16-28)38(52)50-24-33(20-35(50)39(48)53)55-25-32-23-49(47-46-32)21-26-7-4-3-5-8-26/h3-10,16,18-19,23,27,30,33,35H,2,11-15,17,20-22,24-25H2,1H3,(H,44,51)/t27-,30-,33+,35-/m0/s1. The van der Waals surface area contributed by atoms with E-state index in [-0.39, 0.29) is 73.4 Å². The summed E-state index contributed by atoms with van der Waals surface area (Å²) in [6, 6.07) is 17.0. The number of carbonyl (C=O) groups is 3. The molecule has 1 N–H and O–H groups in total. The molecule has 12 nitrogen and oxygen atoms in total. The zero-order valence-corrected chi connectivity index (χ0v) is 30.6. The van der Waals surface area contributed by atoms with Crippen molar-refractivity contribution in [3.63, 3.8) is 0 Å². The molecule has 2 saturated heterocycles. The van der Waals surface area contributed by atoms with Gasteiger partial charge in [-0.1, -0.05) is 54.6 Å². The molecule has 2 aromatic carbocycles. The van der Waals surface area contributed by atoms with Crippen molar-refractivity contribution in [2.45, 2.75) is 70.5 Å². The quantitative estimate of drug-likeness (QED) is 0.241. The number of ether oxygens (including phenoxy) is 2. The SMILES string of the molecule is CCCNC(=O)C[C@@H]1CCN2C[C@@H]1CCOc1cc(C(F)(F)F)cc(n1)-c1cccc(c1)C(=O)N1C[C@H](OCc3cn(Cc4ccccc4)nn3)C[C@H]1C2=O. The molecule has 290 valence electrons. The zero-order chi connectivity index (χ0) is 38.5. The van der Waals surface area contributed by atoms with Gasteiger partial charge in [0.05, 0.1) is 43.3 Å². The van der Waals surface area contributed by atoms with E-state index in [1.807, 2.05) is 37.3 Å². The van der Waals surface area contributed by atoms with Crippen molar-refractivity contribution in [3.8, 4) is 17.1 Å². The van der Waals surface area contributed by atoms with Gasteiger partial charge in [0.15, 0.2) is 0 Å². The first kappa shape index (κ1) is 38.0. The molecular weight excluding hydrogens is 715 g/mol. The predicted octanol–water partition coefficient (Wildman–Crippen LogP) is 5.37. The second kappa shape index (κ2) is 16.6. The van der Waals surface area contributed by atoms with E-state index in [4.69, 9.17) is 9.47 Å². The van der Waals surface area contributed by atoms with E-state index in [1.54, 1.807) is 34.0 Å². The first-order valence-corrected chi connectivity index (χ1v) is 18.8. The van der Waals surface area contributed by atoms with Crippen LogP contribution in [-0.4, -0.2) is 92.4 Å². The molecular formula is C40H44F3N7O5. The van der Waals surface area contributed by atoms with Gasteiger partial charge in [-0.2, -0.15) is 13.2 Å². The Morgan fingerprint density at radius 2 is 1.84 bits per heavy atom. The molecule has 0 unspecified atom stereocenters. The maximum atomic E-state index is 14.5. The molecule has 5 heterocycles. The lowest BCUT2D eigenvalue weighted by Crippen LogP contribution is -2.52. The van der Waals surface area contributed by atoms with Crippen molar-refractivity contribution in [1.29, 1.82) is 0 Å². The summed E-state index contributed by atoms with van der Waals surface area (Å²) in [6.07, 6.45) is -1.15. The summed E-state index contributed by atoms with van der Waals surface area (Å²) in [6.45, 7) is 4.04. The van der Waals surface area contributed by atoms with Crippen molar-refractivity contribution in [1.82, 2.24) is 35.1 Å². The van der Waals surface area contributed by atoms with Gasteiger partial charge in [-0.05, 0) is 54.9 Å². The van der Waals surface area contributed by atoms with Crippen LogP contribution in [0.1, 0.15) is 66.2 Å². The van der Waals surface area contributed by atoms with Gasteiger partial charge in [0, 0.05) is 56.2 Å². The number of benzene rings is 2. The number of pyridine rings is 1. The lowest BCUT2D eigenvalue weighted by atomic mass is 9.81. The Bertz CT molecular complexity index is 1990. The number of halogens is 3. The fraction of sp³-hybridized carbons (Fsp3) is 0.450. The molecule has 15 heteroatoms. The predicted molar refractivity (Wildman–Crippen MR) is 194 cm³/mol. The number of alkyl halides is 3. The number of carbonyl (C=O) groups excluding carboxylic acids is 3. The molecule has 2 fully saturated rings. The summed E-state index contributed by atoms with van der Waals surface area (Å²) in [7, 11) is 0. The first-order chi connectivity index (χ1) is 26.5. The van der Waals surface area contributed by atoms with Crippen LogP contribution in [0.25, 0.3) is 11.3 Å². The van der Waals surface area contributed by atoms with Gasteiger partial charge in [0.1, 0.15) is 11.7 Å². The lowest BCUT2D eigenvalue weighted by Gasteiger charge is -2.40. The van der Waals surface area contributed by atoms with E-state index in [0.29, 0.717) is 50.3 Å². The highest BCUT2D eigenvalue weighted by Gasteiger charge is 2.44. The molecule has 2 aromatic heterocycles. The van der Waals surface area contributed by atoms with Gasteiger partial charge < -0.3 is 24.6 Å². The van der Waals surface area contributed by atoms with Gasteiger partial charge >= 0.3 is 6.18 Å². The second-order valence-corrected chi connectivity index (χ2v) is 14.5. The van der Waals surface area contributed by atoms with Gasteiger partial charge in [-0.15, -0.1) is 5.10 Å². The maximum absolute atomic E-state index is 14.5. The number of hydrogen-bond donors (Lipinski definition) is 1. The number of fused-ring (bicyclic) bond motifs is 8. The summed E-state index contributed by atoms with van der Waals surface area (Å²) >= 11 is 0. The van der Waals surface area contributed by atoms with Crippen LogP contribution < -0.4 is 10.1 Å². The molecule has 0 saturated carbocycles. The van der Waals surface area contributed by atoms with E-state index in [0.717, 1.165) is 24.1 Å². The van der Waals surface area contributed by atoms with E-state index >= 15 is 0 Å². The number of rotatable bonds is 9. The number of aromatic nitrogens is 4. The van der Waals surface area contributed by atoms with Crippen LogP contribution in [-0.2, 0) is 33.7 Å². The van der Waals surface area contributed by atoms with Crippen molar-refractivity contribution >= 4 is 17.7 Å². The topological polar surface area (TPSA) is 132 Å². The van der Waals surface area contributed by atoms with Gasteiger partial charge in [0.2, 0.25) is 17.7 Å². The Hall–Kier alpha value is -5.31. The van der Waals surface area contributed by atoms with E-state index < -0.39 is 29.8 Å². The summed E-state index contributed by atoms with van der Waals surface area (Å²) in [5.74, 6) is -1.22. The molecule has 4 atom stereocenters. The molecule has 55 heavy (non-hydrogen) atoms. The monoisotopic (exact) mass is 759 g/mol. The van der Waals surface area contributed by atoms with Crippen molar-refractivity contribution in [2.24, 2.45) is 11.8 Å². The van der Waals surface area contributed by atoms with Crippen LogP contribution in [0.2, 0.25) is 0 Å². The third-order valence-electron chi connectivity index (χ3n) is 10.5. The Morgan fingerprint density at radius 1 is 1.02 bits per heavy atom. The Labute approximate surface area is 317 Å². The van der Waals surface area contributed by atoms with Gasteiger partial charge in [-0.25, -0.2) is 9.67 Å². The molecule has 7 rings (SSSR count). The Balaban J connectivity index is 1.17. The minimum Gasteiger partial charge on any atom is -0.478 e. The zero-order valence-electron chi connectivity index (χ0n) is 30.6. The van der Waals surface area contributed by atoms with E-state index in [1.165, 1.54) is 11.0 Å². The van der Waals surface area contributed by atoms with Crippen LogP contribution in [0.4, 0.5) is 13.2 Å². The molecule has 6 bridgehead atoms. The number of nitrogens with zero attached hydrogens (tertiary/aromatic N) is 6. The summed E-state index contributed by atoms with van der Waals surface area (Å²) in [4.78, 5) is 49.3. The number of nitrogens with one attached hydrogen (secondary N) is 1. The van der Waals surface area contributed by atoms with Crippen LogP contribution in [0.15, 0.2) is 72.9 Å². The van der Waals surface area contributed by atoms with Crippen molar-refractivity contribution in [2.75, 3.05) is 32.8 Å². The van der Waals surface area contributed by atoms with Crippen LogP contribution in [0.3, 0.4) is 0 Å². The van der Waals surface area contributed by atoms with E-state index in [2.05, 4.69) is 20.6 Å². The minimum atomic E-state index is -4.67. The fourth-order valence-corrected chi connectivity index (χ4v) is 7.68. The lowest BCUT2D eigenvalue weighted by molar-refractivity contribution is -0.139. The number of amides is 3. The minimum absolute atomic E-state index is 0.00329. The smallest absolute Gasteiger partial charge is 0.416 e. The fourth-order valence-electron chi connectivity index (χ4n) is 7.68. The van der Waals surface area contributed by atoms with Crippen LogP contribution >= 0.6 is 0 Å². The average molecular weight is 760 g/mol. The third-order valence-corrected chi connectivity index (χ3v) is 10.5. The summed E-state index contributed by atoms with van der Waals surface area (Å²) < 4.78 is 56.1. The number of piperidine rings is 1. The van der Waals surface area contributed by atoms with Crippen LogP contribution in [0.5, 0.6) is 5.88 Å². The third kappa shape index (κ3) is 9.15. The van der Waals surface area contributed by atoms with E-state index in [9.17, 15) is 27.6 Å². The highest BCUT2D eigenvalue weighted by Crippen LogP contribution is 2.36. The molecule has 4 aromatic rings. The van der Waals surface area contributed by atoms with Gasteiger partial charge in [0.25, 0.3) is 5.91 Å². The van der Waals surface area contributed by atoms with Gasteiger partial charge in [-0.3, -0.25) is 14.4 Å². The largest absolute Gasteiger partial charge is 0.478 e. The second-order valence-electron chi connectivity index (χ2n) is 14.5.